The summed E-state index contributed by atoms with van der Waals surface area (Å²) in [5.74, 6) is -3.35. The molecular formula is C18H10O6. The molecule has 4 aromatic rings. The Morgan fingerprint density at radius 2 is 1.75 bits per heavy atom. The van der Waals surface area contributed by atoms with Crippen LogP contribution in [0.2, 0.25) is 0 Å². The molecular weight excluding hydrogens is 312 g/mol. The molecule has 0 unspecified atom stereocenters. The van der Waals surface area contributed by atoms with Crippen molar-refractivity contribution in [2.45, 2.75) is 0 Å². The number of rotatable bonds is 3. The molecule has 2 N–H and O–H groups in total. The van der Waals surface area contributed by atoms with Crippen LogP contribution in [-0.4, -0.2) is 22.2 Å². The van der Waals surface area contributed by atoms with E-state index in [1.807, 2.05) is 18.2 Å². The number of hydrogen-bond acceptors (Lipinski definition) is 4. The average molecular weight is 322 g/mol. The normalized spacial score (nSPS) is 11.2. The van der Waals surface area contributed by atoms with Crippen LogP contribution in [0.4, 0.5) is 0 Å². The van der Waals surface area contributed by atoms with Gasteiger partial charge in [-0.25, -0.2) is 9.59 Å². The van der Waals surface area contributed by atoms with Crippen LogP contribution in [0, 0.1) is 0 Å². The second-order valence-electron chi connectivity index (χ2n) is 5.27. The predicted molar refractivity (Wildman–Crippen MR) is 85.3 cm³/mol. The van der Waals surface area contributed by atoms with E-state index in [2.05, 4.69) is 0 Å². The van der Waals surface area contributed by atoms with Gasteiger partial charge in [0.1, 0.15) is 16.7 Å². The molecule has 0 fully saturated rings. The Balaban J connectivity index is 2.08. The molecule has 2 heterocycles. The van der Waals surface area contributed by atoms with Crippen LogP contribution in [-0.2, 0) is 0 Å². The van der Waals surface area contributed by atoms with E-state index in [0.29, 0.717) is 16.7 Å². The minimum Gasteiger partial charge on any atom is -0.478 e. The summed E-state index contributed by atoms with van der Waals surface area (Å²) in [7, 11) is 0. The van der Waals surface area contributed by atoms with E-state index in [4.69, 9.17) is 8.83 Å². The van der Waals surface area contributed by atoms with Crippen LogP contribution in [0.25, 0.3) is 33.1 Å². The lowest BCUT2D eigenvalue weighted by Crippen LogP contribution is -2.05. The molecule has 0 saturated heterocycles. The molecule has 0 aliphatic heterocycles. The molecule has 0 aliphatic rings. The smallest absolute Gasteiger partial charge is 0.372 e. The average Bonchev–Trinajstić information content (AvgIpc) is 3.17. The van der Waals surface area contributed by atoms with Crippen molar-refractivity contribution >= 4 is 33.9 Å². The summed E-state index contributed by atoms with van der Waals surface area (Å²) in [6, 6.07) is 12.2. The van der Waals surface area contributed by atoms with E-state index >= 15 is 0 Å². The maximum Gasteiger partial charge on any atom is 0.372 e. The molecule has 2 aromatic heterocycles. The highest BCUT2D eigenvalue weighted by Gasteiger charge is 2.27. The van der Waals surface area contributed by atoms with Gasteiger partial charge in [0.2, 0.25) is 5.76 Å². The third-order valence-corrected chi connectivity index (χ3v) is 3.89. The van der Waals surface area contributed by atoms with Gasteiger partial charge in [0.05, 0.1) is 6.26 Å². The molecule has 0 amide bonds. The fourth-order valence-corrected chi connectivity index (χ4v) is 2.87. The molecule has 0 aliphatic carbocycles. The molecule has 0 radical (unpaired) electrons. The van der Waals surface area contributed by atoms with Crippen molar-refractivity contribution in [2.75, 3.05) is 0 Å². The predicted octanol–water partition coefficient (Wildman–Crippen LogP) is 4.24. The maximum atomic E-state index is 11.6. The van der Waals surface area contributed by atoms with Gasteiger partial charge in [-0.05, 0) is 29.3 Å². The second kappa shape index (κ2) is 4.99. The Hall–Kier alpha value is -3.54. The van der Waals surface area contributed by atoms with E-state index < -0.39 is 17.7 Å². The van der Waals surface area contributed by atoms with Gasteiger partial charge < -0.3 is 19.0 Å². The van der Waals surface area contributed by atoms with Crippen LogP contribution in [0.5, 0.6) is 0 Å². The maximum absolute atomic E-state index is 11.6. The Bertz CT molecular complexity index is 1120. The zero-order valence-corrected chi connectivity index (χ0v) is 12.1. The van der Waals surface area contributed by atoms with E-state index in [9.17, 15) is 19.8 Å². The first-order valence-corrected chi connectivity index (χ1v) is 7.06. The molecule has 6 heteroatoms. The Morgan fingerprint density at radius 1 is 0.917 bits per heavy atom. The topological polar surface area (TPSA) is 101 Å². The monoisotopic (exact) mass is 322 g/mol. The van der Waals surface area contributed by atoms with Gasteiger partial charge in [0, 0.05) is 10.8 Å². The highest BCUT2D eigenvalue weighted by Crippen LogP contribution is 2.36. The van der Waals surface area contributed by atoms with E-state index in [-0.39, 0.29) is 16.5 Å². The van der Waals surface area contributed by atoms with Crippen molar-refractivity contribution in [3.05, 3.63) is 60.1 Å². The quantitative estimate of drug-likeness (QED) is 0.585. The molecule has 24 heavy (non-hydrogen) atoms. The zero-order chi connectivity index (χ0) is 16.8. The van der Waals surface area contributed by atoms with Crippen molar-refractivity contribution in [1.29, 1.82) is 0 Å². The summed E-state index contributed by atoms with van der Waals surface area (Å²) in [5, 5.41) is 19.9. The van der Waals surface area contributed by atoms with Gasteiger partial charge in [0.25, 0.3) is 0 Å². The highest BCUT2D eigenvalue weighted by molar-refractivity contribution is 6.14. The Kier molecular flexibility index (Phi) is 2.93. The zero-order valence-electron chi connectivity index (χ0n) is 12.1. The molecule has 0 saturated carbocycles. The first kappa shape index (κ1) is 14.1. The van der Waals surface area contributed by atoms with Crippen molar-refractivity contribution in [2.24, 2.45) is 0 Å². The van der Waals surface area contributed by atoms with Crippen molar-refractivity contribution in [1.82, 2.24) is 0 Å². The van der Waals surface area contributed by atoms with E-state index in [0.717, 1.165) is 5.39 Å². The number of carboxylic acids is 2. The number of benzene rings is 2. The van der Waals surface area contributed by atoms with Crippen LogP contribution in [0.15, 0.2) is 57.6 Å². The van der Waals surface area contributed by atoms with Crippen LogP contribution in [0.3, 0.4) is 0 Å². The van der Waals surface area contributed by atoms with Gasteiger partial charge >= 0.3 is 11.9 Å². The lowest BCUT2D eigenvalue weighted by Gasteiger charge is -2.04. The molecule has 0 atom stereocenters. The number of aromatic carboxylic acids is 2. The van der Waals surface area contributed by atoms with Gasteiger partial charge in [-0.2, -0.15) is 0 Å². The summed E-state index contributed by atoms with van der Waals surface area (Å²) in [6.45, 7) is 0. The Morgan fingerprint density at radius 3 is 2.50 bits per heavy atom. The summed E-state index contributed by atoms with van der Waals surface area (Å²) in [4.78, 5) is 22.9. The fourth-order valence-electron chi connectivity index (χ4n) is 2.87. The summed E-state index contributed by atoms with van der Waals surface area (Å²) in [6.07, 6.45) is 1.57. The lowest BCUT2D eigenvalue weighted by molar-refractivity contribution is 0.0628. The lowest BCUT2D eigenvalue weighted by atomic mass is 9.97. The Labute approximate surface area is 134 Å². The highest BCUT2D eigenvalue weighted by atomic mass is 16.4. The van der Waals surface area contributed by atoms with E-state index in [1.165, 1.54) is 0 Å². The first-order valence-electron chi connectivity index (χ1n) is 7.06. The van der Waals surface area contributed by atoms with Crippen molar-refractivity contribution < 1.29 is 28.6 Å². The first-order chi connectivity index (χ1) is 11.6. The summed E-state index contributed by atoms with van der Waals surface area (Å²) < 4.78 is 10.6. The van der Waals surface area contributed by atoms with Gasteiger partial charge in [-0.1, -0.05) is 24.3 Å². The second-order valence-corrected chi connectivity index (χ2v) is 5.27. The third-order valence-electron chi connectivity index (χ3n) is 3.89. The minimum absolute atomic E-state index is 0.210. The van der Waals surface area contributed by atoms with Crippen molar-refractivity contribution in [3.8, 4) is 11.1 Å². The minimum atomic E-state index is -1.42. The molecule has 118 valence electrons. The molecule has 6 nitrogen and oxygen atoms in total. The summed E-state index contributed by atoms with van der Waals surface area (Å²) >= 11 is 0. The van der Waals surface area contributed by atoms with Gasteiger partial charge in [-0.3, -0.25) is 0 Å². The SMILES string of the molecule is O=C(O)c1oc2cccc(-c3ccc4ccoc4c3)c2c1C(=O)O. The molecule has 2 aromatic carbocycles. The number of carbonyl (C=O) groups is 2. The standard InChI is InChI=1S/C18H10O6/c19-17(20)15-14-11(2-1-3-12(14)24-16(15)18(21)22)10-5-4-9-6-7-23-13(9)8-10/h1-8H,(H,19,20)(H,21,22). The van der Waals surface area contributed by atoms with Gasteiger partial charge in [-0.15, -0.1) is 0 Å². The third kappa shape index (κ3) is 1.97. The molecule has 4 rings (SSSR count). The van der Waals surface area contributed by atoms with Crippen LogP contribution in [0.1, 0.15) is 20.9 Å². The number of hydrogen-bond donors (Lipinski definition) is 2. The summed E-state index contributed by atoms with van der Waals surface area (Å²) in [5.41, 5.74) is 1.79. The van der Waals surface area contributed by atoms with E-state index in [1.54, 1.807) is 30.5 Å². The molecule has 0 spiro atoms. The van der Waals surface area contributed by atoms with Crippen LogP contribution < -0.4 is 0 Å². The van der Waals surface area contributed by atoms with Gasteiger partial charge in [0.15, 0.2) is 0 Å². The molecule has 0 bridgehead atoms. The number of furan rings is 2. The van der Waals surface area contributed by atoms with Crippen LogP contribution >= 0.6 is 0 Å². The fraction of sp³-hybridized carbons (Fsp3) is 0. The van der Waals surface area contributed by atoms with Crippen molar-refractivity contribution in [3.63, 3.8) is 0 Å². The largest absolute Gasteiger partial charge is 0.478 e. The number of carboxylic acid groups (broad SMARTS) is 2. The number of fused-ring (bicyclic) bond motifs is 2.